The molecule has 0 spiro atoms. The van der Waals surface area contributed by atoms with Crippen LogP contribution in [0.4, 0.5) is 18.3 Å². The minimum absolute atomic E-state index is 0.113. The summed E-state index contributed by atoms with van der Waals surface area (Å²) < 4.78 is 38.5. The molecule has 0 bridgehead atoms. The largest absolute Gasteiger partial charge is 0.475 e. The maximum atomic E-state index is 12.9. The first-order valence-electron chi connectivity index (χ1n) is 10.7. The van der Waals surface area contributed by atoms with E-state index in [4.69, 9.17) is 0 Å². The first-order valence-corrected chi connectivity index (χ1v) is 11.6. The predicted molar refractivity (Wildman–Crippen MR) is 114 cm³/mol. The molecule has 0 radical (unpaired) electrons. The van der Waals surface area contributed by atoms with Crippen molar-refractivity contribution in [2.45, 2.75) is 70.2 Å². The van der Waals surface area contributed by atoms with Crippen molar-refractivity contribution in [3.63, 3.8) is 0 Å². The number of nitrogens with zero attached hydrogens (tertiary/aromatic N) is 2. The van der Waals surface area contributed by atoms with Gasteiger partial charge in [-0.3, -0.25) is 9.59 Å². The predicted octanol–water partition coefficient (Wildman–Crippen LogP) is 1.57. The van der Waals surface area contributed by atoms with Crippen molar-refractivity contribution >= 4 is 35.4 Å². The summed E-state index contributed by atoms with van der Waals surface area (Å²) in [5, 5.41) is 25.5. The van der Waals surface area contributed by atoms with Crippen molar-refractivity contribution in [1.29, 1.82) is 0 Å². The van der Waals surface area contributed by atoms with Gasteiger partial charge in [0.05, 0.1) is 5.94 Å². The summed E-state index contributed by atoms with van der Waals surface area (Å²) in [7, 11) is -1.73. The van der Waals surface area contributed by atoms with Gasteiger partial charge in [-0.05, 0) is 31.1 Å². The molecule has 1 aromatic heterocycles. The summed E-state index contributed by atoms with van der Waals surface area (Å²) in [6.45, 7) is 4.17. The van der Waals surface area contributed by atoms with Crippen LogP contribution >= 0.6 is 11.3 Å². The topological polar surface area (TPSA) is 115 Å². The minimum Gasteiger partial charge on any atom is -0.426 e. The van der Waals surface area contributed by atoms with E-state index in [1.54, 1.807) is 0 Å². The second-order valence-corrected chi connectivity index (χ2v) is 9.75. The molecule has 1 saturated heterocycles. The number of carbonyl (C=O) groups excluding carboxylic acids is 2. The van der Waals surface area contributed by atoms with Gasteiger partial charge >= 0.3 is 13.3 Å². The molecular formula is C19H28BF3N4O4S. The third kappa shape index (κ3) is 6.35. The fraction of sp³-hybridized carbons (Fsp3) is 0.737. The highest BCUT2D eigenvalue weighted by atomic mass is 32.1. The van der Waals surface area contributed by atoms with Crippen LogP contribution in [-0.4, -0.2) is 58.5 Å². The van der Waals surface area contributed by atoms with Crippen LogP contribution in [0.3, 0.4) is 0 Å². The van der Waals surface area contributed by atoms with E-state index in [1.165, 1.54) is 4.90 Å². The molecule has 3 atom stereocenters. The first kappa shape index (κ1) is 24.8. The van der Waals surface area contributed by atoms with E-state index in [-0.39, 0.29) is 11.0 Å². The normalized spacial score (nSPS) is 20.5. The first-order chi connectivity index (χ1) is 15.0. The molecule has 1 saturated carbocycles. The zero-order chi connectivity index (χ0) is 23.6. The Morgan fingerprint density at radius 3 is 2.44 bits per heavy atom. The molecule has 1 unspecified atom stereocenters. The Labute approximate surface area is 188 Å². The van der Waals surface area contributed by atoms with Gasteiger partial charge in [-0.1, -0.05) is 26.7 Å². The molecule has 0 aromatic carbocycles. The summed E-state index contributed by atoms with van der Waals surface area (Å²) in [6, 6.07) is -1.56. The minimum atomic E-state index is -4.55. The fourth-order valence-electron chi connectivity index (χ4n) is 3.65. The zero-order valence-electron chi connectivity index (χ0n) is 17.9. The van der Waals surface area contributed by atoms with Gasteiger partial charge < -0.3 is 25.6 Å². The van der Waals surface area contributed by atoms with E-state index in [2.05, 4.69) is 15.6 Å². The number of amides is 2. The summed E-state index contributed by atoms with van der Waals surface area (Å²) in [5.74, 6) is -1.40. The summed E-state index contributed by atoms with van der Waals surface area (Å²) in [4.78, 5) is 30.8. The molecule has 1 aliphatic heterocycles. The molecule has 1 aliphatic carbocycles. The number of halogens is 3. The lowest BCUT2D eigenvalue weighted by Crippen LogP contribution is -2.61. The maximum absolute atomic E-state index is 12.9. The van der Waals surface area contributed by atoms with Gasteiger partial charge in [-0.2, -0.15) is 13.2 Å². The van der Waals surface area contributed by atoms with Crippen molar-refractivity contribution in [3.8, 4) is 0 Å². The average Bonchev–Trinajstić information content (AvgIpc) is 3.32. The number of anilines is 1. The molecule has 4 N–H and O–H groups in total. The van der Waals surface area contributed by atoms with Crippen molar-refractivity contribution in [2.75, 3.05) is 11.4 Å². The fourth-order valence-corrected chi connectivity index (χ4v) is 4.56. The number of alkyl halides is 3. The van der Waals surface area contributed by atoms with Gasteiger partial charge in [-0.25, -0.2) is 4.98 Å². The van der Waals surface area contributed by atoms with Crippen LogP contribution in [0.15, 0.2) is 5.38 Å². The van der Waals surface area contributed by atoms with E-state index in [0.717, 1.165) is 29.6 Å². The van der Waals surface area contributed by atoms with Crippen molar-refractivity contribution in [3.05, 3.63) is 11.1 Å². The summed E-state index contributed by atoms with van der Waals surface area (Å²) in [6.07, 6.45) is -1.42. The second-order valence-electron chi connectivity index (χ2n) is 8.91. The van der Waals surface area contributed by atoms with E-state index >= 15 is 0 Å². The molecular weight excluding hydrogens is 448 g/mol. The highest BCUT2D eigenvalue weighted by Crippen LogP contribution is 2.36. The van der Waals surface area contributed by atoms with Crippen LogP contribution in [-0.2, 0) is 15.8 Å². The van der Waals surface area contributed by atoms with Gasteiger partial charge in [-0.15, -0.1) is 11.3 Å². The van der Waals surface area contributed by atoms with Crippen molar-refractivity contribution in [2.24, 2.45) is 11.8 Å². The zero-order valence-corrected chi connectivity index (χ0v) is 18.7. The molecule has 8 nitrogen and oxygen atoms in total. The third-order valence-electron chi connectivity index (χ3n) is 5.66. The lowest BCUT2D eigenvalue weighted by molar-refractivity contribution is -0.140. The molecule has 32 heavy (non-hydrogen) atoms. The monoisotopic (exact) mass is 476 g/mol. The van der Waals surface area contributed by atoms with E-state index < -0.39 is 48.8 Å². The van der Waals surface area contributed by atoms with Gasteiger partial charge in [0, 0.05) is 11.9 Å². The molecule has 1 aromatic rings. The smallest absolute Gasteiger partial charge is 0.426 e. The Morgan fingerprint density at radius 1 is 1.28 bits per heavy atom. The van der Waals surface area contributed by atoms with E-state index in [0.29, 0.717) is 31.7 Å². The number of aromatic nitrogens is 1. The SMILES string of the molecule is CC(C)CC(NC(=O)[C@H](CC1CC1)NC(=O)[C@@H]1CCN1c1nc(C(F)(F)F)cs1)B(O)O. The van der Waals surface area contributed by atoms with Gasteiger partial charge in [0.15, 0.2) is 10.8 Å². The lowest BCUT2D eigenvalue weighted by Gasteiger charge is -2.40. The number of hydrogen-bond acceptors (Lipinski definition) is 7. The average molecular weight is 476 g/mol. The third-order valence-corrected chi connectivity index (χ3v) is 6.54. The van der Waals surface area contributed by atoms with Gasteiger partial charge in [0.25, 0.3) is 0 Å². The number of carbonyl (C=O) groups is 2. The lowest BCUT2D eigenvalue weighted by atomic mass is 9.75. The number of hydrogen-bond donors (Lipinski definition) is 4. The summed E-state index contributed by atoms with van der Waals surface area (Å²) >= 11 is 0.825. The Bertz CT molecular complexity index is 819. The van der Waals surface area contributed by atoms with Gasteiger partial charge in [0.2, 0.25) is 11.8 Å². The molecule has 3 rings (SSSR count). The van der Waals surface area contributed by atoms with Crippen LogP contribution in [0.1, 0.15) is 51.6 Å². The number of rotatable bonds is 10. The second kappa shape index (κ2) is 9.96. The molecule has 2 heterocycles. The summed E-state index contributed by atoms with van der Waals surface area (Å²) in [5.41, 5.74) is -0.992. The Kier molecular flexibility index (Phi) is 7.71. The van der Waals surface area contributed by atoms with Crippen molar-refractivity contribution < 1.29 is 32.8 Å². The number of thiazole rings is 1. The molecule has 2 amide bonds. The highest BCUT2D eigenvalue weighted by Gasteiger charge is 2.41. The van der Waals surface area contributed by atoms with E-state index in [9.17, 15) is 32.8 Å². The molecule has 13 heteroatoms. The van der Waals surface area contributed by atoms with E-state index in [1.807, 2.05) is 13.8 Å². The van der Waals surface area contributed by atoms with Crippen LogP contribution in [0.5, 0.6) is 0 Å². The Morgan fingerprint density at radius 2 is 1.97 bits per heavy atom. The van der Waals surface area contributed by atoms with Crippen LogP contribution in [0, 0.1) is 11.8 Å². The molecule has 2 aliphatic rings. The standard InChI is InChI=1S/C19H28BF3N4O4S/c1-10(2)7-15(20(30)31)26-16(28)12(8-11-3-4-11)24-17(29)13-5-6-27(13)18-25-14(9-32-18)19(21,22)23/h9-13,15,30-31H,3-8H2,1-2H3,(H,24,29)(H,26,28)/t12-,13-,15?/m0/s1. The Hall–Kier alpha value is -1.86. The maximum Gasteiger partial charge on any atom is 0.475 e. The molecule has 2 fully saturated rings. The molecule has 178 valence electrons. The van der Waals surface area contributed by atoms with Gasteiger partial charge in [0.1, 0.15) is 12.1 Å². The van der Waals surface area contributed by atoms with Crippen LogP contribution < -0.4 is 15.5 Å². The quantitative estimate of drug-likeness (QED) is 0.382. The highest BCUT2D eigenvalue weighted by molar-refractivity contribution is 7.13. The van der Waals surface area contributed by atoms with Crippen LogP contribution in [0.2, 0.25) is 0 Å². The van der Waals surface area contributed by atoms with Crippen molar-refractivity contribution in [1.82, 2.24) is 15.6 Å². The Balaban J connectivity index is 1.64. The number of nitrogens with one attached hydrogen (secondary N) is 2. The van der Waals surface area contributed by atoms with Crippen LogP contribution in [0.25, 0.3) is 0 Å².